The molecule has 0 saturated heterocycles. The Balaban J connectivity index is 1.79. The van der Waals surface area contributed by atoms with Gasteiger partial charge in [0.05, 0.1) is 11.1 Å². The lowest BCUT2D eigenvalue weighted by Gasteiger charge is -2.17. The molecule has 2 aromatic rings. The van der Waals surface area contributed by atoms with Gasteiger partial charge in [0, 0.05) is 0 Å². The third-order valence-electron chi connectivity index (χ3n) is 3.10. The number of amides is 1. The summed E-state index contributed by atoms with van der Waals surface area (Å²) >= 11 is 11.1. The van der Waals surface area contributed by atoms with Crippen LogP contribution in [0, 0.1) is 0 Å². The monoisotopic (exact) mass is 348 g/mol. The summed E-state index contributed by atoms with van der Waals surface area (Å²) in [6.07, 6.45) is 0. The maximum absolute atomic E-state index is 11.8. The van der Waals surface area contributed by atoms with Crippen molar-refractivity contribution in [3.05, 3.63) is 65.2 Å². The minimum atomic E-state index is -0.345. The first-order valence-corrected chi connectivity index (χ1v) is 7.87. The third-order valence-corrected chi connectivity index (χ3v) is 3.63. The molecule has 0 saturated carbocycles. The first-order valence-electron chi connectivity index (χ1n) is 7.09. The van der Waals surface area contributed by atoms with Crippen LogP contribution in [-0.4, -0.2) is 17.6 Å². The van der Waals surface area contributed by atoms with E-state index in [9.17, 15) is 4.79 Å². The number of hydrogen-bond donors (Lipinski definition) is 2. The van der Waals surface area contributed by atoms with Crippen molar-refractivity contribution in [1.29, 1.82) is 0 Å². The molecule has 0 bridgehead atoms. The molecule has 0 aliphatic heterocycles. The van der Waals surface area contributed by atoms with E-state index in [0.29, 0.717) is 10.8 Å². The van der Waals surface area contributed by atoms with E-state index < -0.39 is 0 Å². The second-order valence-electron chi connectivity index (χ2n) is 4.87. The molecule has 2 N–H and O–H groups in total. The van der Waals surface area contributed by atoms with Gasteiger partial charge in [-0.1, -0.05) is 54.1 Å². The van der Waals surface area contributed by atoms with Crippen molar-refractivity contribution < 1.29 is 9.53 Å². The van der Waals surface area contributed by atoms with Crippen molar-refractivity contribution in [3.63, 3.8) is 0 Å². The summed E-state index contributed by atoms with van der Waals surface area (Å²) in [5, 5.41) is 6.35. The Hall–Kier alpha value is -2.11. The van der Waals surface area contributed by atoms with E-state index >= 15 is 0 Å². The van der Waals surface area contributed by atoms with Gasteiger partial charge in [0.1, 0.15) is 5.75 Å². The molecule has 0 aliphatic rings. The first-order chi connectivity index (χ1) is 11.1. The fourth-order valence-electron chi connectivity index (χ4n) is 1.93. The molecule has 0 spiro atoms. The Morgan fingerprint density at radius 2 is 1.83 bits per heavy atom. The average molecular weight is 349 g/mol. The zero-order chi connectivity index (χ0) is 16.7. The van der Waals surface area contributed by atoms with Crippen LogP contribution in [-0.2, 0) is 4.79 Å². The highest BCUT2D eigenvalue weighted by atomic mass is 35.5. The number of benzene rings is 2. The number of thiocarbonyl (C=S) groups is 1. The second-order valence-corrected chi connectivity index (χ2v) is 5.69. The summed E-state index contributed by atoms with van der Waals surface area (Å²) in [5.74, 6) is 0.114. The zero-order valence-electron chi connectivity index (χ0n) is 12.6. The van der Waals surface area contributed by atoms with Crippen molar-refractivity contribution in [1.82, 2.24) is 10.6 Å². The quantitative estimate of drug-likeness (QED) is 0.812. The van der Waals surface area contributed by atoms with Crippen LogP contribution in [0.5, 0.6) is 5.75 Å². The van der Waals surface area contributed by atoms with Crippen molar-refractivity contribution in [2.24, 2.45) is 0 Å². The Morgan fingerprint density at radius 3 is 2.52 bits per heavy atom. The van der Waals surface area contributed by atoms with Crippen molar-refractivity contribution in [2.45, 2.75) is 13.0 Å². The molecule has 120 valence electrons. The minimum absolute atomic E-state index is 0.00603. The predicted molar refractivity (Wildman–Crippen MR) is 95.7 cm³/mol. The molecule has 0 aliphatic carbocycles. The predicted octanol–water partition coefficient (Wildman–Crippen LogP) is 3.47. The Labute approximate surface area is 145 Å². The van der Waals surface area contributed by atoms with Crippen molar-refractivity contribution in [3.8, 4) is 5.75 Å². The number of rotatable bonds is 5. The van der Waals surface area contributed by atoms with Crippen LogP contribution < -0.4 is 15.4 Å². The van der Waals surface area contributed by atoms with E-state index in [4.69, 9.17) is 28.6 Å². The summed E-state index contributed by atoms with van der Waals surface area (Å²) in [6, 6.07) is 16.8. The number of halogens is 1. The number of hydrogen-bond acceptors (Lipinski definition) is 3. The molecule has 0 fully saturated rings. The van der Waals surface area contributed by atoms with Crippen LogP contribution in [0.25, 0.3) is 0 Å². The molecule has 2 aromatic carbocycles. The molecule has 1 amide bonds. The zero-order valence-corrected chi connectivity index (χ0v) is 14.2. The lowest BCUT2D eigenvalue weighted by atomic mass is 10.1. The molecule has 0 aromatic heterocycles. The van der Waals surface area contributed by atoms with Crippen LogP contribution in [0.3, 0.4) is 0 Å². The average Bonchev–Trinajstić information content (AvgIpc) is 2.54. The fourth-order valence-corrected chi connectivity index (χ4v) is 2.41. The van der Waals surface area contributed by atoms with Crippen molar-refractivity contribution in [2.75, 3.05) is 6.61 Å². The fraction of sp³-hybridized carbons (Fsp3) is 0.176. The van der Waals surface area contributed by atoms with Crippen LogP contribution in [0.1, 0.15) is 18.5 Å². The van der Waals surface area contributed by atoms with Gasteiger partial charge in [-0.25, -0.2) is 0 Å². The summed E-state index contributed by atoms with van der Waals surface area (Å²) in [6.45, 7) is 1.80. The Morgan fingerprint density at radius 1 is 1.17 bits per heavy atom. The summed E-state index contributed by atoms with van der Waals surface area (Å²) < 4.78 is 5.36. The maximum atomic E-state index is 11.8. The second kappa shape index (κ2) is 8.50. The van der Waals surface area contributed by atoms with Crippen LogP contribution >= 0.6 is 23.8 Å². The summed E-state index contributed by atoms with van der Waals surface area (Å²) in [5.41, 5.74) is 1.08. The molecule has 2 rings (SSSR count). The number of carbonyl (C=O) groups is 1. The molecule has 6 heteroatoms. The molecule has 0 heterocycles. The Kier molecular flexibility index (Phi) is 6.38. The number of carbonyl (C=O) groups excluding carboxylic acids is 1. The van der Waals surface area contributed by atoms with Gasteiger partial charge in [0.15, 0.2) is 11.7 Å². The highest BCUT2D eigenvalue weighted by Gasteiger charge is 2.10. The van der Waals surface area contributed by atoms with E-state index in [1.807, 2.05) is 37.3 Å². The first kappa shape index (κ1) is 17.2. The smallest absolute Gasteiger partial charge is 0.264 e. The molecule has 4 nitrogen and oxygen atoms in total. The highest BCUT2D eigenvalue weighted by Crippen LogP contribution is 2.22. The van der Waals surface area contributed by atoms with Gasteiger partial charge in [-0.2, -0.15) is 0 Å². The topological polar surface area (TPSA) is 50.4 Å². The molecule has 1 unspecified atom stereocenters. The van der Waals surface area contributed by atoms with Gasteiger partial charge >= 0.3 is 0 Å². The van der Waals surface area contributed by atoms with Gasteiger partial charge in [0.25, 0.3) is 5.91 Å². The van der Waals surface area contributed by atoms with Crippen molar-refractivity contribution >= 4 is 34.8 Å². The summed E-state index contributed by atoms with van der Waals surface area (Å²) in [4.78, 5) is 11.8. The van der Waals surface area contributed by atoms with E-state index in [2.05, 4.69) is 10.6 Å². The summed E-state index contributed by atoms with van der Waals surface area (Å²) in [7, 11) is 0. The SMILES string of the molecule is CC(NC(=S)NC(=O)COc1ccccc1Cl)c1ccccc1. The molecule has 0 radical (unpaired) electrons. The normalized spacial score (nSPS) is 11.4. The largest absolute Gasteiger partial charge is 0.482 e. The standard InChI is InChI=1S/C17H17ClN2O2S/c1-12(13-7-3-2-4-8-13)19-17(23)20-16(21)11-22-15-10-6-5-9-14(15)18/h2-10,12H,11H2,1H3,(H2,19,20,21,23). The number of ether oxygens (including phenoxy) is 1. The molecular formula is C17H17ClN2O2S. The minimum Gasteiger partial charge on any atom is -0.482 e. The van der Waals surface area contributed by atoms with Crippen LogP contribution in [0.15, 0.2) is 54.6 Å². The lowest BCUT2D eigenvalue weighted by Crippen LogP contribution is -2.42. The van der Waals surface area contributed by atoms with Gasteiger partial charge in [-0.05, 0) is 36.8 Å². The number of nitrogens with one attached hydrogen (secondary N) is 2. The highest BCUT2D eigenvalue weighted by molar-refractivity contribution is 7.80. The van der Waals surface area contributed by atoms with E-state index in [0.717, 1.165) is 5.56 Å². The number of para-hydroxylation sites is 1. The molecule has 23 heavy (non-hydrogen) atoms. The van der Waals surface area contributed by atoms with E-state index in [-0.39, 0.29) is 23.7 Å². The molecular weight excluding hydrogens is 332 g/mol. The Bertz CT molecular complexity index is 679. The van der Waals surface area contributed by atoms with Gasteiger partial charge in [-0.15, -0.1) is 0 Å². The lowest BCUT2D eigenvalue weighted by molar-refractivity contribution is -0.121. The van der Waals surface area contributed by atoms with E-state index in [1.54, 1.807) is 24.3 Å². The van der Waals surface area contributed by atoms with Gasteiger partial charge < -0.3 is 15.4 Å². The van der Waals surface area contributed by atoms with Crippen LogP contribution in [0.4, 0.5) is 0 Å². The van der Waals surface area contributed by atoms with Crippen LogP contribution in [0.2, 0.25) is 5.02 Å². The maximum Gasteiger partial charge on any atom is 0.264 e. The van der Waals surface area contributed by atoms with Gasteiger partial charge in [-0.3, -0.25) is 4.79 Å². The molecule has 1 atom stereocenters. The van der Waals surface area contributed by atoms with E-state index in [1.165, 1.54) is 0 Å². The third kappa shape index (κ3) is 5.54. The van der Waals surface area contributed by atoms with Gasteiger partial charge in [0.2, 0.25) is 0 Å².